The standard InChI is InChI=1S/C26H38ClN4/c1-31(2,3)20-19-29-17-15-28(16-18-29)13-7-4-8-14-30-25-10-6-5-9-23(25)24-21-22(27)11-12-26(24)30/h5-6,9-12,21H,4,7-8,13-20H2,1-3H3/q+1. The van der Waals surface area contributed by atoms with E-state index in [1.807, 2.05) is 6.07 Å². The van der Waals surface area contributed by atoms with Gasteiger partial charge in [0.15, 0.2) is 0 Å². The Morgan fingerprint density at radius 1 is 0.742 bits per heavy atom. The molecule has 1 saturated heterocycles. The highest BCUT2D eigenvalue weighted by atomic mass is 35.5. The summed E-state index contributed by atoms with van der Waals surface area (Å²) in [6.07, 6.45) is 3.80. The number of piperazine rings is 1. The van der Waals surface area contributed by atoms with Gasteiger partial charge in [0.1, 0.15) is 0 Å². The lowest BCUT2D eigenvalue weighted by molar-refractivity contribution is -0.869. The summed E-state index contributed by atoms with van der Waals surface area (Å²) in [4.78, 5) is 5.29. The molecule has 1 fully saturated rings. The Bertz CT molecular complexity index is 996. The van der Waals surface area contributed by atoms with Gasteiger partial charge in [-0.25, -0.2) is 0 Å². The second-order valence-corrected chi connectivity index (χ2v) is 10.5. The SMILES string of the molecule is C[N+](C)(C)CCN1CCN(CCCCCn2c3ccccc3c3cc(Cl)ccc32)CC1. The van der Waals surface area contributed by atoms with Crippen LogP contribution in [-0.4, -0.2) is 85.8 Å². The predicted molar refractivity (Wildman–Crippen MR) is 134 cm³/mol. The van der Waals surface area contributed by atoms with Crippen LogP contribution >= 0.6 is 11.6 Å². The van der Waals surface area contributed by atoms with E-state index in [9.17, 15) is 0 Å². The Labute approximate surface area is 192 Å². The summed E-state index contributed by atoms with van der Waals surface area (Å²) >= 11 is 6.28. The summed E-state index contributed by atoms with van der Waals surface area (Å²) in [5.41, 5.74) is 2.63. The number of para-hydroxylation sites is 1. The molecule has 31 heavy (non-hydrogen) atoms. The van der Waals surface area contributed by atoms with Gasteiger partial charge < -0.3 is 14.0 Å². The van der Waals surface area contributed by atoms with Crippen LogP contribution in [0, 0.1) is 0 Å². The highest BCUT2D eigenvalue weighted by molar-refractivity contribution is 6.31. The first-order chi connectivity index (χ1) is 14.9. The first-order valence-corrected chi connectivity index (χ1v) is 12.2. The van der Waals surface area contributed by atoms with Gasteiger partial charge in [0.25, 0.3) is 0 Å². The normalized spacial score (nSPS) is 16.5. The summed E-state index contributed by atoms with van der Waals surface area (Å²) in [6.45, 7) is 9.68. The van der Waals surface area contributed by atoms with Crippen molar-refractivity contribution < 1.29 is 4.48 Å². The maximum atomic E-state index is 6.28. The quantitative estimate of drug-likeness (QED) is 0.344. The molecule has 168 valence electrons. The van der Waals surface area contributed by atoms with Gasteiger partial charge in [0.05, 0.1) is 27.7 Å². The van der Waals surface area contributed by atoms with Gasteiger partial charge in [0.2, 0.25) is 0 Å². The average Bonchev–Trinajstić information content (AvgIpc) is 3.05. The zero-order valence-electron chi connectivity index (χ0n) is 19.5. The first-order valence-electron chi connectivity index (χ1n) is 11.8. The van der Waals surface area contributed by atoms with Gasteiger partial charge in [0, 0.05) is 66.1 Å². The smallest absolute Gasteiger partial charge is 0.0909 e. The van der Waals surface area contributed by atoms with Crippen molar-refractivity contribution in [1.82, 2.24) is 14.4 Å². The fraction of sp³-hybridized carbons (Fsp3) is 0.538. The zero-order valence-corrected chi connectivity index (χ0v) is 20.2. The molecule has 0 atom stereocenters. The molecule has 1 aliphatic heterocycles. The fourth-order valence-corrected chi connectivity index (χ4v) is 4.90. The molecule has 0 saturated carbocycles. The second-order valence-electron chi connectivity index (χ2n) is 10.1. The van der Waals surface area contributed by atoms with Gasteiger partial charge in [-0.05, 0) is 43.7 Å². The van der Waals surface area contributed by atoms with E-state index >= 15 is 0 Å². The van der Waals surface area contributed by atoms with Crippen molar-refractivity contribution in [3.8, 4) is 0 Å². The molecule has 0 unspecified atom stereocenters. The Balaban J connectivity index is 1.24. The van der Waals surface area contributed by atoms with Crippen molar-refractivity contribution in [2.45, 2.75) is 25.8 Å². The van der Waals surface area contributed by atoms with Gasteiger partial charge in [-0.3, -0.25) is 4.90 Å². The number of benzene rings is 2. The second kappa shape index (κ2) is 9.91. The van der Waals surface area contributed by atoms with Crippen molar-refractivity contribution in [1.29, 1.82) is 0 Å². The highest BCUT2D eigenvalue weighted by Gasteiger charge is 2.18. The van der Waals surface area contributed by atoms with E-state index in [0.29, 0.717) is 0 Å². The van der Waals surface area contributed by atoms with Gasteiger partial charge >= 0.3 is 0 Å². The van der Waals surface area contributed by atoms with Crippen LogP contribution in [0.1, 0.15) is 19.3 Å². The molecule has 0 N–H and O–H groups in total. The molecule has 3 aromatic rings. The monoisotopic (exact) mass is 441 g/mol. The molecule has 1 aliphatic rings. The predicted octanol–water partition coefficient (Wildman–Crippen LogP) is 4.94. The highest BCUT2D eigenvalue weighted by Crippen LogP contribution is 2.31. The van der Waals surface area contributed by atoms with Crippen molar-refractivity contribution in [2.24, 2.45) is 0 Å². The number of hydrogen-bond donors (Lipinski definition) is 0. The Morgan fingerprint density at radius 3 is 2.13 bits per heavy atom. The summed E-state index contributed by atoms with van der Waals surface area (Å²) in [6, 6.07) is 15.0. The molecule has 4 nitrogen and oxygen atoms in total. The molecule has 4 rings (SSSR count). The van der Waals surface area contributed by atoms with Crippen LogP contribution < -0.4 is 0 Å². The van der Waals surface area contributed by atoms with Crippen LogP contribution in [0.2, 0.25) is 5.02 Å². The van der Waals surface area contributed by atoms with E-state index < -0.39 is 0 Å². The Morgan fingerprint density at radius 2 is 1.39 bits per heavy atom. The molecule has 2 aromatic carbocycles. The summed E-state index contributed by atoms with van der Waals surface area (Å²) in [5.74, 6) is 0. The van der Waals surface area contributed by atoms with Crippen molar-refractivity contribution in [3.05, 3.63) is 47.5 Å². The molecule has 0 radical (unpaired) electrons. The largest absolute Gasteiger partial charge is 0.340 e. The van der Waals surface area contributed by atoms with Crippen molar-refractivity contribution in [2.75, 3.05) is 67.0 Å². The van der Waals surface area contributed by atoms with Crippen LogP contribution in [0.4, 0.5) is 0 Å². The number of nitrogens with zero attached hydrogens (tertiary/aromatic N) is 4. The van der Waals surface area contributed by atoms with Crippen LogP contribution in [-0.2, 0) is 6.54 Å². The number of aromatic nitrogens is 1. The summed E-state index contributed by atoms with van der Waals surface area (Å²) in [5, 5.41) is 3.39. The number of unbranched alkanes of at least 4 members (excludes halogenated alkanes) is 2. The van der Waals surface area contributed by atoms with Crippen molar-refractivity contribution in [3.63, 3.8) is 0 Å². The van der Waals surface area contributed by atoms with E-state index in [1.165, 1.54) is 86.9 Å². The molecule has 0 aliphatic carbocycles. The third-order valence-electron chi connectivity index (χ3n) is 6.64. The number of fused-ring (bicyclic) bond motifs is 3. The van der Waals surface area contributed by atoms with Gasteiger partial charge in [-0.2, -0.15) is 0 Å². The third kappa shape index (κ3) is 5.81. The molecule has 2 heterocycles. The maximum Gasteiger partial charge on any atom is 0.0909 e. The molecular weight excluding hydrogens is 404 g/mol. The number of rotatable bonds is 9. The average molecular weight is 442 g/mol. The van der Waals surface area contributed by atoms with Crippen LogP contribution in [0.5, 0.6) is 0 Å². The van der Waals surface area contributed by atoms with Crippen molar-refractivity contribution >= 4 is 33.4 Å². The molecule has 0 spiro atoms. The van der Waals surface area contributed by atoms with E-state index in [4.69, 9.17) is 11.6 Å². The van der Waals surface area contributed by atoms with Gasteiger partial charge in [-0.1, -0.05) is 36.2 Å². The zero-order chi connectivity index (χ0) is 21.8. The lowest BCUT2D eigenvalue weighted by Gasteiger charge is -2.36. The Kier molecular flexibility index (Phi) is 7.22. The van der Waals surface area contributed by atoms with Gasteiger partial charge in [-0.15, -0.1) is 0 Å². The minimum absolute atomic E-state index is 0.813. The topological polar surface area (TPSA) is 11.4 Å². The third-order valence-corrected chi connectivity index (χ3v) is 6.88. The lowest BCUT2D eigenvalue weighted by atomic mass is 10.2. The number of quaternary nitrogens is 1. The fourth-order valence-electron chi connectivity index (χ4n) is 4.73. The first kappa shape index (κ1) is 22.6. The molecule has 0 bridgehead atoms. The number of halogens is 1. The van der Waals surface area contributed by atoms with E-state index in [0.717, 1.165) is 16.1 Å². The maximum absolute atomic E-state index is 6.28. The molecular formula is C26H38ClN4+. The number of hydrogen-bond acceptors (Lipinski definition) is 2. The minimum atomic E-state index is 0.813. The van der Waals surface area contributed by atoms with Crippen LogP contribution in [0.15, 0.2) is 42.5 Å². The van der Waals surface area contributed by atoms with E-state index in [-0.39, 0.29) is 0 Å². The Hall–Kier alpha value is -1.59. The lowest BCUT2D eigenvalue weighted by Crippen LogP contribution is -2.50. The number of aryl methyl sites for hydroxylation is 1. The molecule has 1 aromatic heterocycles. The minimum Gasteiger partial charge on any atom is -0.340 e. The summed E-state index contributed by atoms with van der Waals surface area (Å²) < 4.78 is 3.53. The molecule has 0 amide bonds. The van der Waals surface area contributed by atoms with Crippen LogP contribution in [0.25, 0.3) is 21.8 Å². The number of likely N-dealkylation sites (N-methyl/N-ethyl adjacent to an activating group) is 1. The molecule has 5 heteroatoms. The summed E-state index contributed by atoms with van der Waals surface area (Å²) in [7, 11) is 6.85. The van der Waals surface area contributed by atoms with E-state index in [1.54, 1.807) is 0 Å². The van der Waals surface area contributed by atoms with Crippen LogP contribution in [0.3, 0.4) is 0 Å². The van der Waals surface area contributed by atoms with E-state index in [2.05, 4.69) is 71.9 Å².